The first-order valence-corrected chi connectivity index (χ1v) is 10.1. The van der Waals surface area contributed by atoms with E-state index in [1.54, 1.807) is 11.8 Å². The van der Waals surface area contributed by atoms with Gasteiger partial charge >= 0.3 is 0 Å². The number of rotatable bonds is 6. The Labute approximate surface area is 157 Å². The van der Waals surface area contributed by atoms with Gasteiger partial charge in [-0.15, -0.1) is 11.8 Å². The van der Waals surface area contributed by atoms with E-state index in [0.29, 0.717) is 11.5 Å². The molecule has 0 spiro atoms. The van der Waals surface area contributed by atoms with Crippen LogP contribution in [0.15, 0.2) is 58.1 Å². The quantitative estimate of drug-likeness (QED) is 0.434. The molecule has 0 radical (unpaired) electrons. The van der Waals surface area contributed by atoms with Gasteiger partial charge < -0.3 is 4.52 Å². The van der Waals surface area contributed by atoms with Gasteiger partial charge in [0.05, 0.1) is 11.3 Å². The molecule has 1 aliphatic rings. The lowest BCUT2D eigenvalue weighted by Gasteiger charge is -2.15. The van der Waals surface area contributed by atoms with Gasteiger partial charge in [-0.25, -0.2) is 0 Å². The Morgan fingerprint density at radius 2 is 1.92 bits per heavy atom. The maximum atomic E-state index is 13.3. The van der Waals surface area contributed by atoms with Gasteiger partial charge in [-0.2, -0.15) is 0 Å². The number of benzene rings is 2. The van der Waals surface area contributed by atoms with Crippen molar-refractivity contribution >= 4 is 17.5 Å². The summed E-state index contributed by atoms with van der Waals surface area (Å²) in [6.07, 6.45) is 6.51. The van der Waals surface area contributed by atoms with Crippen molar-refractivity contribution in [3.05, 3.63) is 82.2 Å². The number of ketones is 1. The second kappa shape index (κ2) is 7.12. The molecule has 1 fully saturated rings. The molecule has 0 unspecified atom stereocenters. The Kier molecular flexibility index (Phi) is 4.68. The van der Waals surface area contributed by atoms with E-state index in [4.69, 9.17) is 4.52 Å². The summed E-state index contributed by atoms with van der Waals surface area (Å²) in [5.41, 5.74) is 5.68. The van der Waals surface area contributed by atoms with Gasteiger partial charge in [0, 0.05) is 16.4 Å². The third-order valence-corrected chi connectivity index (χ3v) is 5.93. The van der Waals surface area contributed by atoms with Crippen LogP contribution in [0.2, 0.25) is 0 Å². The first kappa shape index (κ1) is 17.1. The van der Waals surface area contributed by atoms with Crippen LogP contribution < -0.4 is 0 Å². The maximum Gasteiger partial charge on any atom is 0.198 e. The highest BCUT2D eigenvalue weighted by Gasteiger charge is 2.32. The summed E-state index contributed by atoms with van der Waals surface area (Å²) in [4.78, 5) is 14.5. The molecule has 1 heterocycles. The van der Waals surface area contributed by atoms with Crippen LogP contribution >= 0.6 is 11.8 Å². The van der Waals surface area contributed by atoms with Gasteiger partial charge in [-0.1, -0.05) is 35.5 Å². The Hall–Kier alpha value is -2.33. The van der Waals surface area contributed by atoms with Gasteiger partial charge in [-0.05, 0) is 61.3 Å². The van der Waals surface area contributed by atoms with Gasteiger partial charge in [0.15, 0.2) is 5.78 Å². The fourth-order valence-corrected chi connectivity index (χ4v) is 4.04. The van der Waals surface area contributed by atoms with E-state index in [1.165, 1.54) is 22.3 Å². The summed E-state index contributed by atoms with van der Waals surface area (Å²) in [6, 6.07) is 14.3. The molecule has 3 nitrogen and oxygen atoms in total. The Balaban J connectivity index is 1.78. The van der Waals surface area contributed by atoms with E-state index in [1.807, 2.05) is 30.3 Å². The molecule has 0 aliphatic heterocycles. The van der Waals surface area contributed by atoms with Crippen molar-refractivity contribution in [1.29, 1.82) is 0 Å². The van der Waals surface area contributed by atoms with Crippen LogP contribution in [-0.4, -0.2) is 17.2 Å². The average Bonchev–Trinajstić information content (AvgIpc) is 3.40. The van der Waals surface area contributed by atoms with Crippen LogP contribution in [0.3, 0.4) is 0 Å². The lowest BCUT2D eigenvalue weighted by molar-refractivity contribution is 0.103. The first-order chi connectivity index (χ1) is 12.7. The molecule has 26 heavy (non-hydrogen) atoms. The highest BCUT2D eigenvalue weighted by Crippen LogP contribution is 2.41. The molecule has 0 amide bonds. The van der Waals surface area contributed by atoms with E-state index in [0.717, 1.165) is 36.1 Å². The molecule has 0 saturated heterocycles. The molecular formula is C22H21NO2S. The molecule has 132 valence electrons. The fourth-order valence-electron chi connectivity index (χ4n) is 3.41. The van der Waals surface area contributed by atoms with Gasteiger partial charge in [0.1, 0.15) is 6.26 Å². The molecule has 1 aromatic heterocycles. The van der Waals surface area contributed by atoms with Crippen molar-refractivity contribution in [2.75, 3.05) is 6.26 Å². The number of hydrogen-bond acceptors (Lipinski definition) is 4. The zero-order valence-electron chi connectivity index (χ0n) is 15.0. The molecule has 1 saturated carbocycles. The number of carbonyl (C=O) groups excluding carboxylic acids is 1. The summed E-state index contributed by atoms with van der Waals surface area (Å²) in [5.74, 6) is 0.409. The second-order valence-corrected chi connectivity index (χ2v) is 7.65. The van der Waals surface area contributed by atoms with Crippen molar-refractivity contribution in [2.45, 2.75) is 37.0 Å². The molecular weight excluding hydrogens is 342 g/mol. The lowest BCUT2D eigenvalue weighted by Crippen LogP contribution is -2.09. The average molecular weight is 363 g/mol. The summed E-state index contributed by atoms with van der Waals surface area (Å²) in [5, 5.41) is 4.09. The Morgan fingerprint density at radius 3 is 2.62 bits per heavy atom. The normalized spacial score (nSPS) is 13.8. The molecule has 1 aliphatic carbocycles. The predicted octanol–water partition coefficient (Wildman–Crippen LogP) is 5.40. The highest BCUT2D eigenvalue weighted by molar-refractivity contribution is 7.98. The number of hydrogen-bond donors (Lipinski definition) is 0. The molecule has 4 heteroatoms. The largest absolute Gasteiger partial charge is 0.364 e. The van der Waals surface area contributed by atoms with Crippen molar-refractivity contribution in [1.82, 2.24) is 5.16 Å². The van der Waals surface area contributed by atoms with Crippen molar-refractivity contribution < 1.29 is 9.32 Å². The minimum Gasteiger partial charge on any atom is -0.364 e. The minimum absolute atomic E-state index is 0.0230. The van der Waals surface area contributed by atoms with E-state index in [2.05, 4.69) is 30.5 Å². The summed E-state index contributed by atoms with van der Waals surface area (Å²) >= 11 is 1.71. The number of nitrogens with zero attached hydrogens (tertiary/aromatic N) is 1. The molecule has 3 aromatic rings. The second-order valence-electron chi connectivity index (χ2n) is 6.80. The maximum absolute atomic E-state index is 13.3. The minimum atomic E-state index is 0.0230. The van der Waals surface area contributed by atoms with Crippen LogP contribution in [0.5, 0.6) is 0 Å². The third kappa shape index (κ3) is 3.21. The molecule has 2 aromatic carbocycles. The van der Waals surface area contributed by atoms with Crippen LogP contribution in [0.25, 0.3) is 0 Å². The Morgan fingerprint density at radius 1 is 1.15 bits per heavy atom. The fraction of sp³-hybridized carbons (Fsp3) is 0.273. The summed E-state index contributed by atoms with van der Waals surface area (Å²) in [6.45, 7) is 2.11. The summed E-state index contributed by atoms with van der Waals surface area (Å²) < 4.78 is 5.15. The number of thioether (sulfide) groups is 1. The Bertz CT molecular complexity index is 942. The van der Waals surface area contributed by atoms with Gasteiger partial charge in [0.25, 0.3) is 0 Å². The SMILES string of the molecule is CSc1ccc(C(=O)c2conc2C2CC2)c(Cc2ccccc2)c1C. The topological polar surface area (TPSA) is 43.1 Å². The van der Waals surface area contributed by atoms with Crippen LogP contribution in [0, 0.1) is 6.92 Å². The molecule has 4 rings (SSSR count). The predicted molar refractivity (Wildman–Crippen MR) is 104 cm³/mol. The van der Waals surface area contributed by atoms with E-state index >= 15 is 0 Å². The first-order valence-electron chi connectivity index (χ1n) is 8.88. The molecule has 0 bridgehead atoms. The monoisotopic (exact) mass is 363 g/mol. The van der Waals surface area contributed by atoms with E-state index in [-0.39, 0.29) is 5.78 Å². The number of carbonyl (C=O) groups is 1. The van der Waals surface area contributed by atoms with Crippen molar-refractivity contribution in [3.8, 4) is 0 Å². The highest BCUT2D eigenvalue weighted by atomic mass is 32.2. The zero-order valence-corrected chi connectivity index (χ0v) is 15.8. The molecule has 0 atom stereocenters. The smallest absolute Gasteiger partial charge is 0.198 e. The van der Waals surface area contributed by atoms with Crippen LogP contribution in [0.4, 0.5) is 0 Å². The lowest BCUT2D eigenvalue weighted by atomic mass is 9.91. The van der Waals surface area contributed by atoms with Crippen molar-refractivity contribution in [3.63, 3.8) is 0 Å². The summed E-state index contributed by atoms with van der Waals surface area (Å²) in [7, 11) is 0. The van der Waals surface area contributed by atoms with Crippen LogP contribution in [0.1, 0.15) is 57.1 Å². The van der Waals surface area contributed by atoms with Gasteiger partial charge in [-0.3, -0.25) is 4.79 Å². The van der Waals surface area contributed by atoms with Crippen LogP contribution in [-0.2, 0) is 6.42 Å². The van der Waals surface area contributed by atoms with Crippen molar-refractivity contribution in [2.24, 2.45) is 0 Å². The van der Waals surface area contributed by atoms with Gasteiger partial charge in [0.2, 0.25) is 0 Å². The number of aromatic nitrogens is 1. The standard InChI is InChI=1S/C22H21NO2S/c1-14-18(12-15-6-4-3-5-7-15)17(10-11-20(14)26-2)22(24)19-13-25-23-21(19)16-8-9-16/h3-7,10-11,13,16H,8-9,12H2,1-2H3. The molecule has 0 N–H and O–H groups in total. The zero-order chi connectivity index (χ0) is 18.1. The van der Waals surface area contributed by atoms with E-state index in [9.17, 15) is 4.79 Å². The third-order valence-electron chi connectivity index (χ3n) is 5.04. The van der Waals surface area contributed by atoms with E-state index < -0.39 is 0 Å².